The van der Waals surface area contributed by atoms with Gasteiger partial charge in [-0.3, -0.25) is 87.5 Å². The van der Waals surface area contributed by atoms with Gasteiger partial charge in [0.2, 0.25) is 94.5 Å². The minimum Gasteiger partial charge on any atom is -0.508 e. The number of nitrogens with one attached hydrogen (secondary N) is 18. The number of hydrogen-bond acceptors (Lipinski definition) is 28. The highest BCUT2D eigenvalue weighted by molar-refractivity contribution is 7.80. The number of carbonyl (C=O) groups excluding carboxylic acids is 16. The van der Waals surface area contributed by atoms with E-state index in [1.54, 1.807) is 12.1 Å². The van der Waals surface area contributed by atoms with Crippen molar-refractivity contribution in [1.29, 1.82) is 10.8 Å². The quantitative estimate of drug-likeness (QED) is 0.00928. The van der Waals surface area contributed by atoms with Crippen LogP contribution in [0.3, 0.4) is 0 Å². The van der Waals surface area contributed by atoms with Gasteiger partial charge in [-0.25, -0.2) is 9.78 Å². The Morgan fingerprint density at radius 2 is 0.797 bits per heavy atom. The van der Waals surface area contributed by atoms with Gasteiger partial charge >= 0.3 is 5.97 Å². The van der Waals surface area contributed by atoms with Crippen molar-refractivity contribution >= 4 is 138 Å². The predicted octanol–water partition coefficient (Wildman–Crippen LogP) is -2.67. The number of carboxylic acid groups (broad SMARTS) is 1. The highest BCUT2D eigenvalue weighted by Crippen LogP contribution is 2.28. The second-order valence-corrected chi connectivity index (χ2v) is 38.2. The van der Waals surface area contributed by atoms with E-state index in [4.69, 9.17) is 39.5 Å². The zero-order chi connectivity index (χ0) is 108. The summed E-state index contributed by atoms with van der Waals surface area (Å²) in [5.74, 6) is -15.6. The van der Waals surface area contributed by atoms with Crippen LogP contribution in [-0.4, -0.2) is 318 Å². The minimum absolute atomic E-state index is 0.00563. The van der Waals surface area contributed by atoms with Crippen LogP contribution in [0.25, 0.3) is 0 Å². The molecule has 7 rings (SSSR count). The molecule has 4 aromatic rings. The molecule has 16 atom stereocenters. The molecule has 3 aliphatic heterocycles. The molecule has 0 aliphatic carbocycles. The van der Waals surface area contributed by atoms with Crippen LogP contribution in [0.1, 0.15) is 204 Å². The lowest BCUT2D eigenvalue weighted by Gasteiger charge is -2.33. The van der Waals surface area contributed by atoms with Gasteiger partial charge in [0, 0.05) is 94.9 Å². The Hall–Kier alpha value is -13.6. The van der Waals surface area contributed by atoms with E-state index in [0.717, 1.165) is 38.5 Å². The highest BCUT2D eigenvalue weighted by Gasteiger charge is 2.46. The lowest BCUT2D eigenvalue weighted by atomic mass is 10.0. The van der Waals surface area contributed by atoms with Gasteiger partial charge in [-0.15, -0.1) is 0 Å². The van der Waals surface area contributed by atoms with Crippen LogP contribution in [-0.2, 0) is 107 Å². The van der Waals surface area contributed by atoms with Crippen molar-refractivity contribution in [2.24, 2.45) is 28.7 Å². The van der Waals surface area contributed by atoms with E-state index in [1.165, 1.54) is 102 Å². The Balaban J connectivity index is 1.01. The first-order chi connectivity index (χ1) is 70.7. The number of unbranched alkanes of at least 4 members (excludes halogenated alkanes) is 8. The summed E-state index contributed by atoms with van der Waals surface area (Å²) in [6.07, 6.45) is 12.2. The summed E-state index contributed by atoms with van der Waals surface area (Å²) in [7, 11) is 0. The third-order valence-corrected chi connectivity index (χ3v) is 26.5. The number of hydrogen-bond donors (Lipinski definition) is 29. The summed E-state index contributed by atoms with van der Waals surface area (Å²) >= 11 is 8.74. The molecule has 1 aromatic heterocycles. The lowest BCUT2D eigenvalue weighted by molar-refractivity contribution is -0.152. The van der Waals surface area contributed by atoms with Gasteiger partial charge in [0.25, 0.3) is 0 Å². The van der Waals surface area contributed by atoms with Crippen molar-refractivity contribution in [3.05, 3.63) is 108 Å². The largest absolute Gasteiger partial charge is 0.508 e. The summed E-state index contributed by atoms with van der Waals surface area (Å²) in [5, 5.41) is 95.7. The van der Waals surface area contributed by atoms with Gasteiger partial charge in [-0.2, -0.15) is 25.3 Å². The van der Waals surface area contributed by atoms with Gasteiger partial charge in [0.15, 0.2) is 11.9 Å². The normalized spacial score (nSPS) is 16.9. The second-order valence-electron chi connectivity index (χ2n) is 37.4. The van der Waals surface area contributed by atoms with Gasteiger partial charge in [-0.1, -0.05) is 81.8 Å². The number of amides is 16. The molecule has 48 nitrogen and oxygen atoms in total. The van der Waals surface area contributed by atoms with E-state index < -0.39 is 203 Å². The number of guanidine groups is 2. The summed E-state index contributed by atoms with van der Waals surface area (Å²) in [6.45, 7) is 5.41. The number of thiol groups is 2. The molecule has 3 aliphatic rings. The zero-order valence-electron chi connectivity index (χ0n) is 84.2. The summed E-state index contributed by atoms with van der Waals surface area (Å²) in [6, 6.07) is -4.46. The number of aromatic nitrogens is 2. The van der Waals surface area contributed by atoms with Crippen LogP contribution < -0.4 is 108 Å². The number of carboxylic acids is 1. The number of H-pyrrole nitrogens is 1. The number of imidazole rings is 1. The van der Waals surface area contributed by atoms with Crippen molar-refractivity contribution in [3.63, 3.8) is 0 Å². The van der Waals surface area contributed by atoms with Crippen LogP contribution in [0.2, 0.25) is 0 Å². The number of nitrogens with two attached hydrogens (primary N) is 5. The number of likely N-dealkylation sites (tertiary alicyclic amines) is 3. The molecule has 0 saturated carbocycles. The smallest absolute Gasteiger partial charge is 0.326 e. The predicted molar refractivity (Wildman–Crippen MR) is 554 cm³/mol. The molecule has 4 heterocycles. The molecule has 16 amide bonds. The van der Waals surface area contributed by atoms with Crippen molar-refractivity contribution in [2.75, 3.05) is 63.9 Å². The molecule has 0 spiro atoms. The topological polar surface area (TPSA) is 768 Å². The molecule has 50 heteroatoms. The Kier molecular flexibility index (Phi) is 52.3. The molecule has 3 aromatic carbocycles. The van der Waals surface area contributed by atoms with Crippen molar-refractivity contribution in [1.82, 2.24) is 104 Å². The number of nitrogens with zero attached hydrogens (tertiary/aromatic N) is 4. The molecule has 816 valence electrons. The SMILES string of the molecule is CCCCCCCCCC(=O)NCCCC[C@H](NC(=O)[C@H](Cc1ccc(O)cc1)NC(=O)[C@H](CS)NC(=O)[C@H](Cc1ccc(O)cc1)NC(=O)[C@H](CCCNC(=N)N)NC(=O)[C@@H](N)CCNC(=O)[C@@H]1CCCN1C(=O)[C@H](C)NC(=O)[C@H](CCCNC(=N)N)NC(=O)[C@H](CS)NC(=O)[C@H](C)NC(=O)[C@H](Cc1cnc[nH]1)NC(=O)[C@@H](N)Cc1ccc(O)cc1)C(=O)N[C@@H](CCCCN)C(=O)N1CCC[C@@H]1C(=O)N1CCC[C@H]1C(=O)O. The first-order valence-electron chi connectivity index (χ1n) is 50.7. The molecule has 0 bridgehead atoms. The van der Waals surface area contributed by atoms with Crippen LogP contribution in [0.5, 0.6) is 17.2 Å². The maximum absolute atomic E-state index is 15.2. The monoisotopic (exact) mass is 2110 g/mol. The van der Waals surface area contributed by atoms with E-state index in [2.05, 4.69) is 122 Å². The van der Waals surface area contributed by atoms with E-state index in [0.29, 0.717) is 73.8 Å². The molecule has 32 N–H and O–H groups in total. The van der Waals surface area contributed by atoms with Gasteiger partial charge in [-0.05, 0) is 195 Å². The van der Waals surface area contributed by atoms with E-state index in [-0.39, 0.29) is 184 Å². The van der Waals surface area contributed by atoms with Crippen molar-refractivity contribution in [2.45, 2.75) is 304 Å². The number of rotatable bonds is 65. The second kappa shape index (κ2) is 63.8. The molecular formula is C98H151N27O21S2. The number of aromatic hydroxyl groups is 3. The van der Waals surface area contributed by atoms with Crippen molar-refractivity contribution < 1.29 is 102 Å². The van der Waals surface area contributed by atoms with Crippen LogP contribution in [0.4, 0.5) is 0 Å². The van der Waals surface area contributed by atoms with Gasteiger partial charge in [0.05, 0.1) is 18.4 Å². The van der Waals surface area contributed by atoms with Crippen LogP contribution >= 0.6 is 25.3 Å². The summed E-state index contributed by atoms with van der Waals surface area (Å²) in [5.41, 5.74) is 31.5. The molecule has 0 radical (unpaired) electrons. The maximum Gasteiger partial charge on any atom is 0.326 e. The zero-order valence-corrected chi connectivity index (χ0v) is 86.0. The molecule has 3 saturated heterocycles. The number of phenols is 3. The number of benzene rings is 3. The molecule has 0 unspecified atom stereocenters. The van der Waals surface area contributed by atoms with E-state index in [1.807, 2.05) is 0 Å². The Morgan fingerprint density at radius 3 is 1.30 bits per heavy atom. The third-order valence-electron chi connectivity index (χ3n) is 25.7. The molecular weight excluding hydrogens is 1960 g/mol. The third kappa shape index (κ3) is 41.2. The van der Waals surface area contributed by atoms with Gasteiger partial charge < -0.3 is 149 Å². The summed E-state index contributed by atoms with van der Waals surface area (Å²) < 4.78 is 0. The lowest BCUT2D eigenvalue weighted by Crippen LogP contribution is -2.61. The van der Waals surface area contributed by atoms with E-state index >= 15 is 9.59 Å². The molecule has 3 fully saturated rings. The Morgan fingerprint density at radius 1 is 0.405 bits per heavy atom. The first kappa shape index (κ1) is 121. The number of aromatic amines is 1. The minimum atomic E-state index is -1.62. The average Bonchev–Trinajstić information content (AvgIpc) is 1.66. The van der Waals surface area contributed by atoms with Gasteiger partial charge in [0.1, 0.15) is 102 Å². The fourth-order valence-corrected chi connectivity index (χ4v) is 17.9. The highest BCUT2D eigenvalue weighted by atomic mass is 32.1. The standard InChI is InChI=1S/C98H151N27O21S2/c1-4-5-6-7-8-9-10-27-80(129)107-42-14-12-20-68(85(134)117-71(21-11-13-41-99)94(143)124-47-18-25-78(124)95(144)125-48-19-26-79(125)96(145)146)115-88(137)72(50-60-30-36-64(127)37-31-60)120-91(140)76(55-148)122-89(138)73(51-61-32-38-65(128)39-33-61)119-86(135)70(23-16-44-110-98(104)105)114-82(131)66(100)40-45-108-92(141)77-24-17-46-123(77)93(142)58(3)113-84(133)69(22-15-43-109-97(102)103)116-90(139)75(54-147)121-81(130)57(2)112-87(136)74(52-62-53-106-56-111-62)118-83(132)67(101)49-59-28-34-63(126)35-29-59/h28-39,53,56-58,66-79,126-128,147-148H,4-27,40-52,54-55,99-101H2,1-3H3,(H,106,111)(H,107,129)(H,108,141)(H,112,136)(H,113,133)(H,114,131)(H,115,137)(H,116,139)(H,117,134)(H,118,132)(H,119,135)(H,120,140)(H,121,130)(H,122,138)(H,145,146)(H4,102,103,109)(H4,104,105,110)/t57-,58-,66-,67-,68-,69-,70-,71-,72-,73-,74-,75-,76-,77-,78+,79-/m0/s1. The number of aliphatic carboxylic acids is 1. The fourth-order valence-electron chi connectivity index (χ4n) is 17.4. The Labute approximate surface area is 871 Å². The fraction of sp³-hybridized carbons (Fsp3) is 0.592. The number of phenolic OH excluding ortho intramolecular Hbond substituents is 3. The molecule has 148 heavy (non-hydrogen) atoms. The van der Waals surface area contributed by atoms with E-state index in [9.17, 15) is 92.3 Å². The number of carbonyl (C=O) groups is 17. The van der Waals surface area contributed by atoms with Crippen LogP contribution in [0.15, 0.2) is 85.3 Å². The average molecular weight is 2110 g/mol. The Bertz CT molecular complexity index is 5060. The van der Waals surface area contributed by atoms with Crippen molar-refractivity contribution in [3.8, 4) is 17.2 Å². The summed E-state index contributed by atoms with van der Waals surface area (Å²) in [4.78, 5) is 252. The first-order valence-corrected chi connectivity index (χ1v) is 51.9. The maximum atomic E-state index is 15.2. The van der Waals surface area contributed by atoms with Crippen LogP contribution in [0, 0.1) is 10.8 Å².